The van der Waals surface area contributed by atoms with E-state index in [9.17, 15) is 0 Å². The van der Waals surface area contributed by atoms with E-state index in [1.807, 2.05) is 24.0 Å². The van der Waals surface area contributed by atoms with E-state index >= 15 is 0 Å². The lowest BCUT2D eigenvalue weighted by Crippen LogP contribution is -2.46. The molecule has 0 saturated carbocycles. The van der Waals surface area contributed by atoms with Crippen LogP contribution in [0.3, 0.4) is 0 Å². The summed E-state index contributed by atoms with van der Waals surface area (Å²) in [4.78, 5) is 13.7. The minimum absolute atomic E-state index is 0.909. The number of imidazole rings is 1. The van der Waals surface area contributed by atoms with Gasteiger partial charge in [0.2, 0.25) is 0 Å². The maximum atomic E-state index is 4.46. The topological polar surface area (TPSA) is 37.2 Å². The Morgan fingerprint density at radius 1 is 1.05 bits per heavy atom. The quantitative estimate of drug-likeness (QED) is 0.743. The second-order valence-electron chi connectivity index (χ2n) is 5.26. The number of fused-ring (bicyclic) bond motifs is 1. The predicted molar refractivity (Wildman–Crippen MR) is 85.6 cm³/mol. The molecule has 21 heavy (non-hydrogen) atoms. The molecule has 6 heteroatoms. The Hall–Kier alpha value is -1.92. The Balaban J connectivity index is 1.43. The van der Waals surface area contributed by atoms with Gasteiger partial charge in [-0.05, 0) is 12.1 Å². The van der Waals surface area contributed by atoms with Crippen LogP contribution >= 0.6 is 11.3 Å². The van der Waals surface area contributed by atoms with E-state index in [-0.39, 0.29) is 0 Å². The highest BCUT2D eigenvalue weighted by Gasteiger charge is 2.19. The maximum Gasteiger partial charge on any atom is 0.185 e. The normalized spacial score (nSPS) is 16.7. The van der Waals surface area contributed by atoms with Crippen LogP contribution in [0.15, 0.2) is 42.2 Å². The van der Waals surface area contributed by atoms with Gasteiger partial charge in [0.05, 0.1) is 24.0 Å². The Labute approximate surface area is 127 Å². The number of rotatable bonds is 3. The second-order valence-corrected chi connectivity index (χ2v) is 6.14. The highest BCUT2D eigenvalue weighted by molar-refractivity contribution is 7.13. The van der Waals surface area contributed by atoms with Gasteiger partial charge in [-0.25, -0.2) is 9.97 Å². The van der Waals surface area contributed by atoms with Crippen molar-refractivity contribution >= 4 is 27.5 Å². The summed E-state index contributed by atoms with van der Waals surface area (Å²) >= 11 is 1.72. The standard InChI is InChI=1S/C15H17N5S/c1-2-4-14-13(3-1)17-11-20(14)12-18-6-8-19(9-7-18)15-16-5-10-21-15/h1-5,10-11H,6-9,12H2. The van der Waals surface area contributed by atoms with E-state index in [1.54, 1.807) is 11.3 Å². The Kier molecular flexibility index (Phi) is 3.33. The lowest BCUT2D eigenvalue weighted by molar-refractivity contribution is 0.209. The number of nitrogens with zero attached hydrogens (tertiary/aromatic N) is 5. The van der Waals surface area contributed by atoms with Gasteiger partial charge in [0.1, 0.15) is 0 Å². The zero-order chi connectivity index (χ0) is 14.1. The largest absolute Gasteiger partial charge is 0.346 e. The molecular weight excluding hydrogens is 282 g/mol. The Morgan fingerprint density at radius 2 is 1.90 bits per heavy atom. The number of anilines is 1. The first-order valence-corrected chi connectivity index (χ1v) is 8.05. The molecule has 0 atom stereocenters. The molecule has 1 aromatic carbocycles. The molecule has 3 heterocycles. The number of hydrogen-bond acceptors (Lipinski definition) is 5. The number of thiazole rings is 1. The van der Waals surface area contributed by atoms with Crippen LogP contribution in [-0.4, -0.2) is 45.6 Å². The molecule has 5 nitrogen and oxygen atoms in total. The van der Waals surface area contributed by atoms with Gasteiger partial charge in [-0.15, -0.1) is 11.3 Å². The van der Waals surface area contributed by atoms with E-state index in [1.165, 1.54) is 5.52 Å². The van der Waals surface area contributed by atoms with E-state index in [0.717, 1.165) is 43.5 Å². The average molecular weight is 299 g/mol. The van der Waals surface area contributed by atoms with E-state index in [0.29, 0.717) is 0 Å². The van der Waals surface area contributed by atoms with E-state index in [2.05, 4.69) is 42.5 Å². The number of piperazine rings is 1. The molecule has 4 rings (SSSR count). The molecule has 0 radical (unpaired) electrons. The summed E-state index contributed by atoms with van der Waals surface area (Å²) in [5, 5.41) is 3.18. The van der Waals surface area contributed by atoms with Gasteiger partial charge in [-0.2, -0.15) is 0 Å². The summed E-state index contributed by atoms with van der Waals surface area (Å²) in [6, 6.07) is 8.30. The third kappa shape index (κ3) is 2.52. The van der Waals surface area contributed by atoms with Crippen LogP contribution in [-0.2, 0) is 6.67 Å². The van der Waals surface area contributed by atoms with Crippen molar-refractivity contribution in [1.29, 1.82) is 0 Å². The van der Waals surface area contributed by atoms with Crippen molar-refractivity contribution in [3.05, 3.63) is 42.2 Å². The molecule has 2 aromatic heterocycles. The van der Waals surface area contributed by atoms with Crippen molar-refractivity contribution in [2.45, 2.75) is 6.67 Å². The predicted octanol–water partition coefficient (Wildman–Crippen LogP) is 2.27. The van der Waals surface area contributed by atoms with Crippen molar-refractivity contribution in [3.63, 3.8) is 0 Å². The molecule has 3 aromatic rings. The van der Waals surface area contributed by atoms with Crippen molar-refractivity contribution in [3.8, 4) is 0 Å². The van der Waals surface area contributed by atoms with Crippen LogP contribution in [0.1, 0.15) is 0 Å². The summed E-state index contributed by atoms with van der Waals surface area (Å²) in [6.45, 7) is 5.12. The van der Waals surface area contributed by atoms with Crippen LogP contribution < -0.4 is 4.90 Å². The SMILES string of the molecule is c1ccc2c(c1)ncn2CN1CCN(c2nccs2)CC1. The van der Waals surface area contributed by atoms with Gasteiger partial charge in [-0.3, -0.25) is 4.90 Å². The molecule has 0 amide bonds. The molecule has 0 spiro atoms. The summed E-state index contributed by atoms with van der Waals surface area (Å²) in [5.74, 6) is 0. The van der Waals surface area contributed by atoms with Crippen LogP contribution in [0.2, 0.25) is 0 Å². The molecule has 1 saturated heterocycles. The van der Waals surface area contributed by atoms with Crippen LogP contribution in [0.4, 0.5) is 5.13 Å². The zero-order valence-corrected chi connectivity index (χ0v) is 12.5. The third-order valence-corrected chi connectivity index (χ3v) is 4.77. The van der Waals surface area contributed by atoms with Gasteiger partial charge in [0.15, 0.2) is 5.13 Å². The van der Waals surface area contributed by atoms with Gasteiger partial charge in [0.25, 0.3) is 0 Å². The number of benzene rings is 1. The van der Waals surface area contributed by atoms with Crippen molar-refractivity contribution in [1.82, 2.24) is 19.4 Å². The molecule has 1 fully saturated rings. The third-order valence-electron chi connectivity index (χ3n) is 3.94. The van der Waals surface area contributed by atoms with Gasteiger partial charge >= 0.3 is 0 Å². The van der Waals surface area contributed by atoms with Gasteiger partial charge < -0.3 is 9.47 Å². The first-order chi connectivity index (χ1) is 10.4. The van der Waals surface area contributed by atoms with Crippen molar-refractivity contribution in [2.24, 2.45) is 0 Å². The Morgan fingerprint density at radius 3 is 2.71 bits per heavy atom. The summed E-state index contributed by atoms with van der Waals surface area (Å²) in [6.07, 6.45) is 3.82. The minimum atomic E-state index is 0.909. The maximum absolute atomic E-state index is 4.46. The fourth-order valence-electron chi connectivity index (χ4n) is 2.79. The lowest BCUT2D eigenvalue weighted by Gasteiger charge is -2.34. The summed E-state index contributed by atoms with van der Waals surface area (Å²) in [7, 11) is 0. The van der Waals surface area contributed by atoms with Gasteiger partial charge in [-0.1, -0.05) is 12.1 Å². The highest BCUT2D eigenvalue weighted by atomic mass is 32.1. The number of aromatic nitrogens is 3. The Bertz CT molecular complexity index is 713. The number of para-hydroxylation sites is 2. The highest BCUT2D eigenvalue weighted by Crippen LogP contribution is 2.19. The van der Waals surface area contributed by atoms with Crippen LogP contribution in [0, 0.1) is 0 Å². The summed E-state index contributed by atoms with van der Waals surface area (Å²) in [5.41, 5.74) is 2.28. The monoisotopic (exact) mass is 299 g/mol. The van der Waals surface area contributed by atoms with Crippen LogP contribution in [0.25, 0.3) is 11.0 Å². The lowest BCUT2D eigenvalue weighted by atomic mass is 10.3. The molecule has 1 aliphatic heterocycles. The molecular formula is C15H17N5S. The first kappa shape index (κ1) is 12.8. The van der Waals surface area contributed by atoms with E-state index < -0.39 is 0 Å². The van der Waals surface area contributed by atoms with Crippen molar-refractivity contribution < 1.29 is 0 Å². The summed E-state index contributed by atoms with van der Waals surface area (Å²) < 4.78 is 2.23. The molecule has 0 N–H and O–H groups in total. The fourth-order valence-corrected chi connectivity index (χ4v) is 3.49. The van der Waals surface area contributed by atoms with E-state index in [4.69, 9.17) is 0 Å². The smallest absolute Gasteiger partial charge is 0.185 e. The molecule has 0 unspecified atom stereocenters. The van der Waals surface area contributed by atoms with Crippen LogP contribution in [0.5, 0.6) is 0 Å². The minimum Gasteiger partial charge on any atom is -0.346 e. The molecule has 1 aliphatic rings. The first-order valence-electron chi connectivity index (χ1n) is 7.17. The molecule has 0 bridgehead atoms. The number of hydrogen-bond donors (Lipinski definition) is 0. The fraction of sp³-hybridized carbons (Fsp3) is 0.333. The van der Waals surface area contributed by atoms with Gasteiger partial charge in [0, 0.05) is 37.8 Å². The average Bonchev–Trinajstić information content (AvgIpc) is 3.19. The zero-order valence-electron chi connectivity index (χ0n) is 11.7. The molecule has 0 aliphatic carbocycles. The second kappa shape index (κ2) is 5.46. The molecule has 108 valence electrons. The van der Waals surface area contributed by atoms with Crippen molar-refractivity contribution in [2.75, 3.05) is 31.1 Å².